The summed E-state index contributed by atoms with van der Waals surface area (Å²) in [7, 11) is 0. The van der Waals surface area contributed by atoms with E-state index in [2.05, 4.69) is 21.2 Å². The van der Waals surface area contributed by atoms with E-state index in [4.69, 9.17) is 0 Å². The van der Waals surface area contributed by atoms with Crippen LogP contribution in [0.25, 0.3) is 0 Å². The summed E-state index contributed by atoms with van der Waals surface area (Å²) in [5, 5.41) is 3.33. The minimum atomic E-state index is -0.445. The average Bonchev–Trinajstić information content (AvgIpc) is 3.16. The third-order valence-electron chi connectivity index (χ3n) is 4.92. The number of rotatable bonds is 4. The number of hydrogen-bond donors (Lipinski definition) is 1. The molecule has 2 fully saturated rings. The molecule has 0 spiro atoms. The molecule has 0 amide bonds. The van der Waals surface area contributed by atoms with Crippen molar-refractivity contribution >= 4 is 15.9 Å². The summed E-state index contributed by atoms with van der Waals surface area (Å²) in [6.07, 6.45) is 4.96. The van der Waals surface area contributed by atoms with Crippen molar-refractivity contribution in [1.82, 2.24) is 5.32 Å². The molecule has 20 heavy (non-hydrogen) atoms. The first-order valence-electron chi connectivity index (χ1n) is 7.52. The number of nitrogens with one attached hydrogen (secondary N) is 1. The van der Waals surface area contributed by atoms with Crippen LogP contribution in [-0.4, -0.2) is 6.54 Å². The fourth-order valence-electron chi connectivity index (χ4n) is 4.02. The zero-order valence-corrected chi connectivity index (χ0v) is 13.2. The highest BCUT2D eigenvalue weighted by Gasteiger charge is 2.55. The standard InChI is InChI=1S/C16H20BrF2N/c1-2-20-16(13-9-5-3-4-6-10(9)13)14-12(18)8-7-11(17)15(14)19/h7-10,13,16,20H,2-6H2,1H3. The van der Waals surface area contributed by atoms with Gasteiger partial charge < -0.3 is 5.32 Å². The van der Waals surface area contributed by atoms with E-state index in [1.165, 1.54) is 37.8 Å². The lowest BCUT2D eigenvalue weighted by Crippen LogP contribution is -2.26. The van der Waals surface area contributed by atoms with Gasteiger partial charge in [-0.1, -0.05) is 19.8 Å². The predicted molar refractivity (Wildman–Crippen MR) is 79.4 cm³/mol. The molecule has 0 aliphatic heterocycles. The molecule has 3 unspecified atom stereocenters. The Balaban J connectivity index is 1.93. The van der Waals surface area contributed by atoms with Gasteiger partial charge in [-0.3, -0.25) is 0 Å². The van der Waals surface area contributed by atoms with Gasteiger partial charge in [0.25, 0.3) is 0 Å². The molecular weight excluding hydrogens is 324 g/mol. The molecule has 110 valence electrons. The van der Waals surface area contributed by atoms with E-state index in [0.717, 1.165) is 6.54 Å². The lowest BCUT2D eigenvalue weighted by molar-refractivity contribution is 0.413. The molecule has 3 rings (SSSR count). The van der Waals surface area contributed by atoms with Crippen molar-refractivity contribution in [1.29, 1.82) is 0 Å². The molecule has 2 aliphatic carbocycles. The van der Waals surface area contributed by atoms with E-state index in [-0.39, 0.29) is 11.6 Å². The molecular formula is C16H20BrF2N. The maximum absolute atomic E-state index is 14.4. The van der Waals surface area contributed by atoms with Gasteiger partial charge in [-0.2, -0.15) is 0 Å². The van der Waals surface area contributed by atoms with Crippen molar-refractivity contribution in [2.24, 2.45) is 17.8 Å². The molecule has 0 saturated heterocycles. The average molecular weight is 344 g/mol. The van der Waals surface area contributed by atoms with Crippen molar-refractivity contribution in [3.05, 3.63) is 33.8 Å². The Morgan fingerprint density at radius 3 is 2.50 bits per heavy atom. The third-order valence-corrected chi connectivity index (χ3v) is 5.53. The molecule has 2 aliphatic rings. The molecule has 1 nitrogen and oxygen atoms in total. The maximum Gasteiger partial charge on any atom is 0.145 e. The molecule has 2 saturated carbocycles. The van der Waals surface area contributed by atoms with Gasteiger partial charge in [-0.15, -0.1) is 0 Å². The zero-order chi connectivity index (χ0) is 14.3. The zero-order valence-electron chi connectivity index (χ0n) is 11.6. The molecule has 0 bridgehead atoms. The predicted octanol–water partition coefficient (Wildman–Crippen LogP) is 4.81. The number of benzene rings is 1. The van der Waals surface area contributed by atoms with Gasteiger partial charge in [0, 0.05) is 11.6 Å². The maximum atomic E-state index is 14.4. The second kappa shape index (κ2) is 5.72. The van der Waals surface area contributed by atoms with Crippen molar-refractivity contribution in [2.45, 2.75) is 38.6 Å². The summed E-state index contributed by atoms with van der Waals surface area (Å²) in [5.74, 6) is 0.840. The third kappa shape index (κ3) is 2.41. The number of fused-ring (bicyclic) bond motifs is 1. The summed E-state index contributed by atoms with van der Waals surface area (Å²) in [5.41, 5.74) is 0.223. The second-order valence-corrected chi connectivity index (χ2v) is 6.84. The minimum absolute atomic E-state index is 0.189. The highest BCUT2D eigenvalue weighted by molar-refractivity contribution is 9.10. The molecule has 0 heterocycles. The van der Waals surface area contributed by atoms with Gasteiger partial charge in [0.1, 0.15) is 11.6 Å². The topological polar surface area (TPSA) is 12.0 Å². The summed E-state index contributed by atoms with van der Waals surface area (Å²) >= 11 is 3.18. The summed E-state index contributed by atoms with van der Waals surface area (Å²) < 4.78 is 28.9. The van der Waals surface area contributed by atoms with Crippen LogP contribution in [0, 0.1) is 29.4 Å². The fraction of sp³-hybridized carbons (Fsp3) is 0.625. The first-order chi connectivity index (χ1) is 9.65. The van der Waals surface area contributed by atoms with Gasteiger partial charge in [-0.25, -0.2) is 8.78 Å². The summed E-state index contributed by atoms with van der Waals surface area (Å²) in [6.45, 7) is 2.72. The normalized spacial score (nSPS) is 29.9. The molecule has 1 aromatic rings. The first-order valence-corrected chi connectivity index (χ1v) is 8.31. The lowest BCUT2D eigenvalue weighted by Gasteiger charge is -2.21. The van der Waals surface area contributed by atoms with Gasteiger partial charge in [0.15, 0.2) is 0 Å². The summed E-state index contributed by atoms with van der Waals surface area (Å²) in [6, 6.07) is 2.61. The molecule has 0 aromatic heterocycles. The van der Waals surface area contributed by atoms with Gasteiger partial charge in [-0.05, 0) is 65.2 Å². The number of hydrogen-bond acceptors (Lipinski definition) is 1. The minimum Gasteiger partial charge on any atom is -0.310 e. The SMILES string of the molecule is CCNC(c1c(F)ccc(Br)c1F)C1C2CCCCC21. The van der Waals surface area contributed by atoms with Crippen molar-refractivity contribution in [3.63, 3.8) is 0 Å². The Morgan fingerprint density at radius 2 is 1.90 bits per heavy atom. The fourth-order valence-corrected chi connectivity index (χ4v) is 4.37. The Kier molecular flexibility index (Phi) is 4.14. The molecule has 3 atom stereocenters. The van der Waals surface area contributed by atoms with Crippen LogP contribution in [0.15, 0.2) is 16.6 Å². The van der Waals surface area contributed by atoms with Gasteiger partial charge in [0.05, 0.1) is 4.47 Å². The highest BCUT2D eigenvalue weighted by Crippen LogP contribution is 2.60. The number of halogens is 3. The molecule has 0 radical (unpaired) electrons. The van der Waals surface area contributed by atoms with Crippen molar-refractivity contribution in [3.8, 4) is 0 Å². The first kappa shape index (κ1) is 14.5. The van der Waals surface area contributed by atoms with Crippen molar-refractivity contribution in [2.75, 3.05) is 6.54 Å². The Hall–Kier alpha value is -0.480. The van der Waals surface area contributed by atoms with Gasteiger partial charge in [0.2, 0.25) is 0 Å². The summed E-state index contributed by atoms with van der Waals surface area (Å²) in [4.78, 5) is 0. The monoisotopic (exact) mass is 343 g/mol. The molecule has 4 heteroatoms. The van der Waals surface area contributed by atoms with E-state index in [1.54, 1.807) is 0 Å². The molecule has 1 N–H and O–H groups in total. The van der Waals surface area contributed by atoms with Crippen LogP contribution in [-0.2, 0) is 0 Å². The van der Waals surface area contributed by atoms with Gasteiger partial charge >= 0.3 is 0 Å². The van der Waals surface area contributed by atoms with E-state index in [0.29, 0.717) is 22.2 Å². The van der Waals surface area contributed by atoms with Crippen LogP contribution in [0.2, 0.25) is 0 Å². The highest BCUT2D eigenvalue weighted by atomic mass is 79.9. The van der Waals surface area contributed by atoms with E-state index >= 15 is 0 Å². The quantitative estimate of drug-likeness (QED) is 0.773. The van der Waals surface area contributed by atoms with Crippen LogP contribution < -0.4 is 5.32 Å². The Morgan fingerprint density at radius 1 is 1.25 bits per heavy atom. The van der Waals surface area contributed by atoms with E-state index in [9.17, 15) is 8.78 Å². The van der Waals surface area contributed by atoms with Crippen LogP contribution >= 0.6 is 15.9 Å². The Bertz CT molecular complexity index is 493. The van der Waals surface area contributed by atoms with Crippen LogP contribution in [0.3, 0.4) is 0 Å². The van der Waals surface area contributed by atoms with Crippen LogP contribution in [0.5, 0.6) is 0 Å². The van der Waals surface area contributed by atoms with Crippen LogP contribution in [0.4, 0.5) is 8.78 Å². The Labute approximate surface area is 127 Å². The molecule has 1 aromatic carbocycles. The lowest BCUT2D eigenvalue weighted by atomic mass is 9.98. The van der Waals surface area contributed by atoms with Crippen molar-refractivity contribution < 1.29 is 8.78 Å². The largest absolute Gasteiger partial charge is 0.310 e. The van der Waals surface area contributed by atoms with Crippen LogP contribution in [0.1, 0.15) is 44.2 Å². The smallest absolute Gasteiger partial charge is 0.145 e. The van der Waals surface area contributed by atoms with E-state index in [1.807, 2.05) is 6.92 Å². The van der Waals surface area contributed by atoms with E-state index < -0.39 is 11.6 Å². The second-order valence-electron chi connectivity index (χ2n) is 5.98.